The van der Waals surface area contributed by atoms with E-state index in [0.29, 0.717) is 28.0 Å². The molecule has 4 heterocycles. The zero-order valence-corrected chi connectivity index (χ0v) is 33.0. The molecule has 0 saturated carbocycles. The van der Waals surface area contributed by atoms with Crippen LogP contribution in [0.1, 0.15) is 71.4 Å². The molecule has 3 fully saturated rings. The summed E-state index contributed by atoms with van der Waals surface area (Å²) in [5.74, 6) is -1.89. The Kier molecular flexibility index (Phi) is 15.6. The lowest BCUT2D eigenvalue weighted by molar-refractivity contribution is -0.605. The van der Waals surface area contributed by atoms with Gasteiger partial charge in [-0.3, -0.25) is 15.0 Å². The van der Waals surface area contributed by atoms with Gasteiger partial charge in [-0.2, -0.15) is 13.5 Å². The first-order chi connectivity index (χ1) is 27.8. The molecule has 3 atom stereocenters. The number of ether oxygens (including phenoxy) is 4. The third kappa shape index (κ3) is 11.7. The molecule has 2 N–H and O–H groups in total. The largest absolute Gasteiger partial charge is 0.619 e. The molecule has 0 amide bonds. The number of alkyl halides is 2. The van der Waals surface area contributed by atoms with E-state index >= 15 is 4.39 Å². The van der Waals surface area contributed by atoms with Gasteiger partial charge in [-0.25, -0.2) is 14.0 Å². The molecular formula is C41H42Cl2F3N3O9. The minimum absolute atomic E-state index is 0.0130. The average Bonchev–Trinajstić information content (AvgIpc) is 3.17. The number of esters is 2. The van der Waals surface area contributed by atoms with Crippen LogP contribution in [0, 0.1) is 16.9 Å². The number of carboxylic acid groups (broad SMARTS) is 1. The van der Waals surface area contributed by atoms with Gasteiger partial charge >= 0.3 is 18.6 Å². The van der Waals surface area contributed by atoms with Crippen LogP contribution in [0.3, 0.4) is 0 Å². The third-order valence-corrected chi connectivity index (χ3v) is 10.3. The number of hydrogen-bond acceptors (Lipinski definition) is 10. The highest BCUT2D eigenvalue weighted by atomic mass is 35.5. The van der Waals surface area contributed by atoms with Gasteiger partial charge in [0.05, 0.1) is 11.7 Å². The van der Waals surface area contributed by atoms with Crippen molar-refractivity contribution in [1.82, 2.24) is 10.2 Å². The summed E-state index contributed by atoms with van der Waals surface area (Å²) in [6.45, 7) is 2.70. The smallest absolute Gasteiger partial charge is 0.387 e. The van der Waals surface area contributed by atoms with Crippen LogP contribution >= 0.6 is 23.2 Å². The first-order valence-electron chi connectivity index (χ1n) is 18.4. The second-order valence-electron chi connectivity index (χ2n) is 13.9. The lowest BCUT2D eigenvalue weighted by atomic mass is 9.86. The summed E-state index contributed by atoms with van der Waals surface area (Å²) >= 11 is 12.8. The van der Waals surface area contributed by atoms with E-state index in [9.17, 15) is 23.6 Å². The van der Waals surface area contributed by atoms with Crippen LogP contribution in [-0.2, 0) is 32.0 Å². The summed E-state index contributed by atoms with van der Waals surface area (Å²) in [5, 5.41) is 22.0. The van der Waals surface area contributed by atoms with Crippen LogP contribution in [-0.4, -0.2) is 66.9 Å². The van der Waals surface area contributed by atoms with Gasteiger partial charge in [-0.1, -0.05) is 59.6 Å². The molecule has 7 rings (SSSR count). The Labute approximate surface area is 342 Å². The predicted molar refractivity (Wildman–Crippen MR) is 206 cm³/mol. The number of rotatable bonds is 15. The zero-order chi connectivity index (χ0) is 41.9. The Bertz CT molecular complexity index is 2030. The number of pyridine rings is 1. The highest BCUT2D eigenvalue weighted by Crippen LogP contribution is 2.37. The maximum Gasteiger partial charge on any atom is 0.387 e. The summed E-state index contributed by atoms with van der Waals surface area (Å²) in [4.78, 5) is 38.1. The first kappa shape index (κ1) is 44.0. The number of fused-ring (bicyclic) bond motifs is 3. The van der Waals surface area contributed by atoms with Crippen LogP contribution in [0.5, 0.6) is 11.5 Å². The fourth-order valence-corrected chi connectivity index (χ4v) is 7.52. The van der Waals surface area contributed by atoms with Crippen LogP contribution in [0.4, 0.5) is 13.2 Å². The molecule has 3 aliphatic heterocycles. The number of nitrogens with zero attached hydrogens (tertiary/aromatic N) is 2. The van der Waals surface area contributed by atoms with Gasteiger partial charge in [0.1, 0.15) is 34.1 Å². The topological polar surface area (TPSA) is 151 Å². The van der Waals surface area contributed by atoms with Gasteiger partial charge < -0.3 is 29.3 Å². The Morgan fingerprint density at radius 2 is 1.69 bits per heavy atom. The average molecular weight is 849 g/mol. The van der Waals surface area contributed by atoms with E-state index in [1.165, 1.54) is 36.4 Å². The minimum Gasteiger partial charge on any atom is -0.619 e. The number of benzene rings is 3. The Balaban J connectivity index is 0.00000207. The zero-order valence-electron chi connectivity index (χ0n) is 31.5. The van der Waals surface area contributed by atoms with Crippen molar-refractivity contribution in [3.8, 4) is 11.5 Å². The molecule has 3 saturated heterocycles. The first-order valence-corrected chi connectivity index (χ1v) is 19.1. The molecule has 3 aromatic carbocycles. The van der Waals surface area contributed by atoms with E-state index in [1.807, 2.05) is 0 Å². The van der Waals surface area contributed by atoms with Crippen molar-refractivity contribution >= 4 is 41.6 Å². The standard InChI is InChI=1S/C40H40Cl2F3N3O7.CH2O2/c1-23(2)52-35-17-26(10-11-33(35)55-40(44)45)34(18-29-30(41)20-48(51)21-31(29)42)53-38(49)27-7-5-6-24(16-27)19-46-37(28-8-3-4-9-32(28)43)39(50)54-36-22-47-14-12-25(36)13-15-47;2-1-3/h3-11,16-17,20-21,23,25,34,36-37,40,46H,12-15,18-19,22H2,1-2H3;1H,(H,2,3)/t34-,36-,37?;/m0./s1. The van der Waals surface area contributed by atoms with Crippen molar-refractivity contribution < 1.29 is 56.3 Å². The number of halogens is 5. The van der Waals surface area contributed by atoms with Gasteiger partial charge in [0.2, 0.25) is 0 Å². The molecular weight excluding hydrogens is 806 g/mol. The van der Waals surface area contributed by atoms with Gasteiger partial charge in [0.25, 0.3) is 6.47 Å². The SMILES string of the molecule is CC(C)Oc1cc([C@H](Cc2c(Cl)c[n+]([O-])cc2Cl)OC(=O)c2cccc(CNC(C(=O)O[C@H]3CN4CCC3CC4)c3ccccc3F)c2)ccc1OC(F)F.O=CO. The molecule has 0 aliphatic carbocycles. The quantitative estimate of drug-likeness (QED) is 0.0531. The molecule has 4 aromatic rings. The second-order valence-corrected chi connectivity index (χ2v) is 14.7. The van der Waals surface area contributed by atoms with E-state index in [0.717, 1.165) is 38.3 Å². The van der Waals surface area contributed by atoms with Crippen LogP contribution < -0.4 is 19.5 Å². The van der Waals surface area contributed by atoms with Gasteiger partial charge in [0.15, 0.2) is 23.9 Å². The molecule has 3 aliphatic rings. The summed E-state index contributed by atoms with van der Waals surface area (Å²) in [7, 11) is 0. The molecule has 310 valence electrons. The fourth-order valence-electron chi connectivity index (χ4n) is 6.92. The van der Waals surface area contributed by atoms with Crippen molar-refractivity contribution in [2.75, 3.05) is 19.6 Å². The van der Waals surface area contributed by atoms with Crippen LogP contribution in [0.15, 0.2) is 79.1 Å². The maximum atomic E-state index is 15.1. The van der Waals surface area contributed by atoms with Crippen molar-refractivity contribution in [1.29, 1.82) is 0 Å². The lowest BCUT2D eigenvalue weighted by Crippen LogP contribution is -2.52. The van der Waals surface area contributed by atoms with E-state index in [2.05, 4.69) is 15.0 Å². The van der Waals surface area contributed by atoms with E-state index < -0.39 is 42.6 Å². The van der Waals surface area contributed by atoms with Crippen LogP contribution in [0.2, 0.25) is 10.0 Å². The Hall–Kier alpha value is -5.09. The number of hydrogen-bond donors (Lipinski definition) is 2. The van der Waals surface area contributed by atoms with E-state index in [-0.39, 0.29) is 64.1 Å². The van der Waals surface area contributed by atoms with Gasteiger partial charge in [-0.05, 0) is 87.2 Å². The number of carbonyl (C=O) groups excluding carboxylic acids is 2. The molecule has 0 spiro atoms. The summed E-state index contributed by atoms with van der Waals surface area (Å²) in [6.07, 6.45) is 2.19. The Morgan fingerprint density at radius 1 is 1.00 bits per heavy atom. The number of carbonyl (C=O) groups is 3. The minimum atomic E-state index is -3.12. The van der Waals surface area contributed by atoms with Crippen molar-refractivity contribution in [3.05, 3.63) is 128 Å². The molecule has 0 radical (unpaired) electrons. The highest BCUT2D eigenvalue weighted by Gasteiger charge is 2.38. The maximum absolute atomic E-state index is 15.1. The Morgan fingerprint density at radius 3 is 2.31 bits per heavy atom. The third-order valence-electron chi connectivity index (χ3n) is 9.60. The van der Waals surface area contributed by atoms with Crippen LogP contribution in [0.25, 0.3) is 0 Å². The van der Waals surface area contributed by atoms with Crippen molar-refractivity contribution in [2.45, 2.75) is 70.6 Å². The van der Waals surface area contributed by atoms with Crippen molar-refractivity contribution in [3.63, 3.8) is 0 Å². The molecule has 17 heteroatoms. The fraction of sp³-hybridized carbons (Fsp3) is 0.366. The molecule has 58 heavy (non-hydrogen) atoms. The second kappa shape index (κ2) is 20.6. The molecule has 1 aromatic heterocycles. The van der Waals surface area contributed by atoms with E-state index in [4.69, 9.17) is 47.3 Å². The molecule has 1 unspecified atom stereocenters. The molecule has 2 bridgehead atoms. The van der Waals surface area contributed by atoms with Gasteiger partial charge in [0, 0.05) is 30.6 Å². The summed E-state index contributed by atoms with van der Waals surface area (Å²) < 4.78 is 64.4. The number of nitrogens with one attached hydrogen (secondary N) is 1. The predicted octanol–water partition coefficient (Wildman–Crippen LogP) is 7.46. The lowest BCUT2D eigenvalue weighted by Gasteiger charge is -2.44. The number of piperidine rings is 3. The van der Waals surface area contributed by atoms with E-state index in [1.54, 1.807) is 44.2 Å². The van der Waals surface area contributed by atoms with Crippen molar-refractivity contribution in [2.24, 2.45) is 5.92 Å². The summed E-state index contributed by atoms with van der Waals surface area (Å²) in [5.41, 5.74) is 1.50. The summed E-state index contributed by atoms with van der Waals surface area (Å²) in [6, 6.07) is 15.5. The van der Waals surface area contributed by atoms with Gasteiger partial charge in [-0.15, -0.1) is 0 Å². The highest BCUT2D eigenvalue weighted by molar-refractivity contribution is 6.35. The number of aromatic nitrogens is 1. The monoisotopic (exact) mass is 847 g/mol. The normalized spacial score (nSPS) is 18.1. The molecule has 12 nitrogen and oxygen atoms in total.